The van der Waals surface area contributed by atoms with E-state index in [0.29, 0.717) is 16.8 Å². The summed E-state index contributed by atoms with van der Waals surface area (Å²) in [7, 11) is 1.87. The molecule has 6 heteroatoms. The molecule has 0 radical (unpaired) electrons. The van der Waals surface area contributed by atoms with E-state index in [2.05, 4.69) is 38.4 Å². The van der Waals surface area contributed by atoms with Crippen LogP contribution in [0.15, 0.2) is 27.1 Å². The highest BCUT2D eigenvalue weighted by molar-refractivity contribution is 9.10. The molecule has 2 aromatic rings. The van der Waals surface area contributed by atoms with Gasteiger partial charge in [0.1, 0.15) is 0 Å². The van der Waals surface area contributed by atoms with Crippen molar-refractivity contribution < 1.29 is 4.42 Å². The second-order valence-corrected chi connectivity index (χ2v) is 5.11. The van der Waals surface area contributed by atoms with Gasteiger partial charge in [-0.1, -0.05) is 18.5 Å². The van der Waals surface area contributed by atoms with Crippen molar-refractivity contribution in [3.8, 4) is 11.5 Å². The molecule has 2 rings (SSSR count). The Morgan fingerprint density at radius 1 is 1.44 bits per heavy atom. The van der Waals surface area contributed by atoms with Gasteiger partial charge in [-0.25, -0.2) is 0 Å². The molecule has 0 saturated carbocycles. The van der Waals surface area contributed by atoms with E-state index in [1.165, 1.54) is 0 Å². The van der Waals surface area contributed by atoms with Crippen molar-refractivity contribution in [1.29, 1.82) is 0 Å². The molecule has 96 valence electrons. The lowest BCUT2D eigenvalue weighted by molar-refractivity contribution is 0.415. The largest absolute Gasteiger partial charge is 0.419 e. The summed E-state index contributed by atoms with van der Waals surface area (Å²) in [5, 5.41) is 11.9. The van der Waals surface area contributed by atoms with E-state index in [4.69, 9.17) is 16.0 Å². The van der Waals surface area contributed by atoms with E-state index in [1.54, 1.807) is 12.1 Å². The van der Waals surface area contributed by atoms with Crippen LogP contribution in [0.4, 0.5) is 0 Å². The van der Waals surface area contributed by atoms with Crippen molar-refractivity contribution in [3.05, 3.63) is 33.6 Å². The van der Waals surface area contributed by atoms with Crippen LogP contribution >= 0.6 is 27.5 Å². The smallest absolute Gasteiger partial charge is 0.248 e. The summed E-state index contributed by atoms with van der Waals surface area (Å²) < 4.78 is 6.51. The second-order valence-electron chi connectivity index (χ2n) is 3.82. The van der Waals surface area contributed by atoms with Gasteiger partial charge in [0.25, 0.3) is 0 Å². The zero-order chi connectivity index (χ0) is 13.1. The van der Waals surface area contributed by atoms with Crippen molar-refractivity contribution in [2.24, 2.45) is 0 Å². The molecule has 1 aromatic carbocycles. The standard InChI is InChI=1S/C12H13BrClN3O/c1-3-10(15-2)12-17-16-11(18-12)8-5-4-7(14)6-9(8)13/h4-6,10,15H,3H2,1-2H3. The number of hydrogen-bond donors (Lipinski definition) is 1. The lowest BCUT2D eigenvalue weighted by atomic mass is 10.2. The molecule has 0 aliphatic carbocycles. The van der Waals surface area contributed by atoms with E-state index >= 15 is 0 Å². The summed E-state index contributed by atoms with van der Waals surface area (Å²) >= 11 is 9.33. The number of halogens is 2. The molecular formula is C12H13BrClN3O. The molecule has 1 aromatic heterocycles. The van der Waals surface area contributed by atoms with Crippen molar-refractivity contribution in [1.82, 2.24) is 15.5 Å². The lowest BCUT2D eigenvalue weighted by Crippen LogP contribution is -2.15. The molecule has 0 aliphatic heterocycles. The van der Waals surface area contributed by atoms with Crippen LogP contribution < -0.4 is 5.32 Å². The minimum Gasteiger partial charge on any atom is -0.419 e. The molecule has 0 saturated heterocycles. The maximum Gasteiger partial charge on any atom is 0.248 e. The van der Waals surface area contributed by atoms with E-state index in [9.17, 15) is 0 Å². The molecule has 1 unspecified atom stereocenters. The van der Waals surface area contributed by atoms with Crippen LogP contribution in [0.3, 0.4) is 0 Å². The summed E-state index contributed by atoms with van der Waals surface area (Å²) in [6.07, 6.45) is 0.889. The number of nitrogens with zero attached hydrogens (tertiary/aromatic N) is 2. The van der Waals surface area contributed by atoms with Gasteiger partial charge in [-0.05, 0) is 47.6 Å². The van der Waals surface area contributed by atoms with Gasteiger partial charge in [0.15, 0.2) is 0 Å². The van der Waals surface area contributed by atoms with Gasteiger partial charge in [0.2, 0.25) is 11.8 Å². The minimum atomic E-state index is 0.0809. The molecule has 0 spiro atoms. The first-order valence-corrected chi connectivity index (χ1v) is 6.79. The second kappa shape index (κ2) is 5.82. The van der Waals surface area contributed by atoms with Gasteiger partial charge in [-0.3, -0.25) is 0 Å². The topological polar surface area (TPSA) is 51.0 Å². The Morgan fingerprint density at radius 3 is 2.83 bits per heavy atom. The fourth-order valence-electron chi connectivity index (χ4n) is 1.65. The van der Waals surface area contributed by atoms with Crippen LogP contribution in [0.5, 0.6) is 0 Å². The van der Waals surface area contributed by atoms with Crippen LogP contribution in [-0.4, -0.2) is 17.2 Å². The number of rotatable bonds is 4. The first-order valence-electron chi connectivity index (χ1n) is 5.61. The van der Waals surface area contributed by atoms with Crippen molar-refractivity contribution >= 4 is 27.5 Å². The fraction of sp³-hybridized carbons (Fsp3) is 0.333. The summed E-state index contributed by atoms with van der Waals surface area (Å²) in [6, 6.07) is 5.53. The lowest BCUT2D eigenvalue weighted by Gasteiger charge is -2.07. The van der Waals surface area contributed by atoms with Crippen molar-refractivity contribution in [2.75, 3.05) is 7.05 Å². The predicted molar refractivity (Wildman–Crippen MR) is 74.5 cm³/mol. The SMILES string of the molecule is CCC(NC)c1nnc(-c2ccc(Cl)cc2Br)o1. The van der Waals surface area contributed by atoms with E-state index < -0.39 is 0 Å². The molecular weight excluding hydrogens is 318 g/mol. The first kappa shape index (κ1) is 13.5. The highest BCUT2D eigenvalue weighted by Gasteiger charge is 2.17. The third kappa shape index (κ3) is 2.74. The van der Waals surface area contributed by atoms with Crippen LogP contribution in [0.25, 0.3) is 11.5 Å². The quantitative estimate of drug-likeness (QED) is 0.926. The Labute approximate surface area is 119 Å². The van der Waals surface area contributed by atoms with Crippen molar-refractivity contribution in [2.45, 2.75) is 19.4 Å². The zero-order valence-corrected chi connectivity index (χ0v) is 12.4. The molecule has 0 fully saturated rings. The Balaban J connectivity index is 2.34. The maximum atomic E-state index is 5.90. The van der Waals surface area contributed by atoms with E-state index in [1.807, 2.05) is 13.1 Å². The zero-order valence-electron chi connectivity index (χ0n) is 10.1. The highest BCUT2D eigenvalue weighted by Crippen LogP contribution is 2.30. The molecule has 1 N–H and O–H groups in total. The summed E-state index contributed by atoms with van der Waals surface area (Å²) in [4.78, 5) is 0. The first-order chi connectivity index (χ1) is 8.65. The third-order valence-corrected chi connectivity index (χ3v) is 3.55. The Morgan fingerprint density at radius 2 is 2.22 bits per heavy atom. The molecule has 0 bridgehead atoms. The average Bonchev–Trinajstić information content (AvgIpc) is 2.80. The monoisotopic (exact) mass is 329 g/mol. The maximum absolute atomic E-state index is 5.90. The molecule has 1 heterocycles. The van der Waals surface area contributed by atoms with Gasteiger partial charge >= 0.3 is 0 Å². The molecule has 1 atom stereocenters. The van der Waals surface area contributed by atoms with Gasteiger partial charge in [-0.2, -0.15) is 0 Å². The van der Waals surface area contributed by atoms with Crippen LogP contribution in [0, 0.1) is 0 Å². The Kier molecular flexibility index (Phi) is 4.37. The summed E-state index contributed by atoms with van der Waals surface area (Å²) in [5.41, 5.74) is 0.837. The molecule has 0 aliphatic rings. The predicted octanol–water partition coefficient (Wildman–Crippen LogP) is 3.82. The molecule has 18 heavy (non-hydrogen) atoms. The fourth-order valence-corrected chi connectivity index (χ4v) is 2.50. The minimum absolute atomic E-state index is 0.0809. The van der Waals surface area contributed by atoms with Gasteiger partial charge in [0, 0.05) is 9.50 Å². The van der Waals surface area contributed by atoms with E-state index in [0.717, 1.165) is 16.5 Å². The number of aromatic nitrogens is 2. The van der Waals surface area contributed by atoms with E-state index in [-0.39, 0.29) is 6.04 Å². The van der Waals surface area contributed by atoms with Crippen molar-refractivity contribution in [3.63, 3.8) is 0 Å². The van der Waals surface area contributed by atoms with Gasteiger partial charge in [-0.15, -0.1) is 10.2 Å². The molecule has 4 nitrogen and oxygen atoms in total. The number of hydrogen-bond acceptors (Lipinski definition) is 4. The Hall–Kier alpha value is -0.910. The average molecular weight is 331 g/mol. The van der Waals surface area contributed by atoms with Crippen LogP contribution in [0.2, 0.25) is 5.02 Å². The number of benzene rings is 1. The Bertz CT molecular complexity index is 540. The van der Waals surface area contributed by atoms with Crippen LogP contribution in [-0.2, 0) is 0 Å². The highest BCUT2D eigenvalue weighted by atomic mass is 79.9. The van der Waals surface area contributed by atoms with Crippen LogP contribution in [0.1, 0.15) is 25.3 Å². The summed E-state index contributed by atoms with van der Waals surface area (Å²) in [5.74, 6) is 1.08. The normalized spacial score (nSPS) is 12.7. The van der Waals surface area contributed by atoms with Gasteiger partial charge < -0.3 is 9.73 Å². The van der Waals surface area contributed by atoms with Gasteiger partial charge in [0.05, 0.1) is 11.6 Å². The number of nitrogens with one attached hydrogen (secondary N) is 1. The molecule has 0 amide bonds. The third-order valence-electron chi connectivity index (χ3n) is 2.66. The summed E-state index contributed by atoms with van der Waals surface area (Å²) in [6.45, 7) is 2.06.